The van der Waals surface area contributed by atoms with Gasteiger partial charge in [-0.1, -0.05) is 23.2 Å². The summed E-state index contributed by atoms with van der Waals surface area (Å²) in [6.07, 6.45) is -0.751. The van der Waals surface area contributed by atoms with Crippen molar-refractivity contribution in [2.24, 2.45) is 0 Å². The van der Waals surface area contributed by atoms with Crippen molar-refractivity contribution < 1.29 is 37.4 Å². The van der Waals surface area contributed by atoms with Crippen molar-refractivity contribution in [1.82, 2.24) is 0 Å². The fourth-order valence-electron chi connectivity index (χ4n) is 2.25. The standard InChI is InChI=1S/C13H15ClFNO4.C8H7ClFNO2/c1-13(2,3)20-12(18)16-7-5-8(14)10(9(15)6-7)11(17)19-4;1-13-8(12)7-5(9)2-4(11)3-6(7)10/h5-6H,1-4H3,(H,16,18);2-3H,11H2,1H3. The maximum atomic E-state index is 13.8. The lowest BCUT2D eigenvalue weighted by molar-refractivity contribution is 0.0586. The summed E-state index contributed by atoms with van der Waals surface area (Å²) in [6, 6.07) is 4.50. The predicted molar refractivity (Wildman–Crippen MR) is 120 cm³/mol. The van der Waals surface area contributed by atoms with Crippen LogP contribution >= 0.6 is 23.2 Å². The van der Waals surface area contributed by atoms with Crippen molar-refractivity contribution in [3.63, 3.8) is 0 Å². The number of anilines is 2. The van der Waals surface area contributed by atoms with Gasteiger partial charge in [-0.25, -0.2) is 23.2 Å². The Hall–Kier alpha value is -3.11. The molecule has 0 saturated carbocycles. The summed E-state index contributed by atoms with van der Waals surface area (Å²) in [5.41, 5.74) is 4.17. The van der Waals surface area contributed by atoms with Crippen LogP contribution in [0.1, 0.15) is 41.5 Å². The van der Waals surface area contributed by atoms with Gasteiger partial charge in [0.15, 0.2) is 0 Å². The van der Waals surface area contributed by atoms with Gasteiger partial charge in [0.2, 0.25) is 0 Å². The first-order valence-electron chi connectivity index (χ1n) is 9.10. The van der Waals surface area contributed by atoms with E-state index in [0.717, 1.165) is 26.4 Å². The number of nitrogens with one attached hydrogen (secondary N) is 1. The van der Waals surface area contributed by atoms with E-state index in [1.165, 1.54) is 12.1 Å². The van der Waals surface area contributed by atoms with Crippen LogP contribution in [0.3, 0.4) is 0 Å². The van der Waals surface area contributed by atoms with Crippen molar-refractivity contribution in [3.8, 4) is 0 Å². The molecule has 0 heterocycles. The van der Waals surface area contributed by atoms with E-state index in [1.807, 2.05) is 0 Å². The van der Waals surface area contributed by atoms with Crippen LogP contribution in [0.5, 0.6) is 0 Å². The molecule has 3 N–H and O–H groups in total. The first kappa shape index (κ1) is 27.9. The Morgan fingerprint density at radius 3 is 1.73 bits per heavy atom. The van der Waals surface area contributed by atoms with Crippen LogP contribution in [0.4, 0.5) is 25.0 Å². The van der Waals surface area contributed by atoms with E-state index in [1.54, 1.807) is 20.8 Å². The molecular weight excluding hydrogens is 485 g/mol. The molecule has 0 fully saturated rings. The molecule has 2 aromatic rings. The Balaban J connectivity index is 0.000000361. The van der Waals surface area contributed by atoms with E-state index in [-0.39, 0.29) is 32.5 Å². The number of hydrogen-bond donors (Lipinski definition) is 2. The molecule has 0 spiro atoms. The highest BCUT2D eigenvalue weighted by molar-refractivity contribution is 6.34. The fraction of sp³-hybridized carbons (Fsp3) is 0.286. The highest BCUT2D eigenvalue weighted by Gasteiger charge is 2.21. The van der Waals surface area contributed by atoms with Gasteiger partial charge in [0.1, 0.15) is 28.4 Å². The van der Waals surface area contributed by atoms with Gasteiger partial charge in [-0.05, 0) is 45.0 Å². The van der Waals surface area contributed by atoms with E-state index in [0.29, 0.717) is 0 Å². The number of ether oxygens (including phenoxy) is 3. The van der Waals surface area contributed by atoms with Crippen molar-refractivity contribution in [1.29, 1.82) is 0 Å². The quantitative estimate of drug-likeness (QED) is 0.322. The number of esters is 2. The second kappa shape index (κ2) is 11.7. The lowest BCUT2D eigenvalue weighted by Crippen LogP contribution is -2.27. The highest BCUT2D eigenvalue weighted by atomic mass is 35.5. The number of halogens is 4. The topological polar surface area (TPSA) is 117 Å². The number of hydrogen-bond acceptors (Lipinski definition) is 7. The van der Waals surface area contributed by atoms with Crippen LogP contribution in [0.15, 0.2) is 24.3 Å². The Morgan fingerprint density at radius 2 is 1.33 bits per heavy atom. The zero-order valence-corrected chi connectivity index (χ0v) is 19.9. The van der Waals surface area contributed by atoms with Crippen LogP contribution in [-0.4, -0.2) is 37.9 Å². The molecule has 0 aliphatic carbocycles. The highest BCUT2D eigenvalue weighted by Crippen LogP contribution is 2.26. The number of methoxy groups -OCH3 is 2. The molecule has 0 unspecified atom stereocenters. The van der Waals surface area contributed by atoms with E-state index >= 15 is 0 Å². The third-order valence-corrected chi connectivity index (χ3v) is 4.13. The normalized spacial score (nSPS) is 10.5. The second-order valence-corrected chi connectivity index (χ2v) is 8.10. The van der Waals surface area contributed by atoms with Gasteiger partial charge >= 0.3 is 18.0 Å². The Bertz CT molecular complexity index is 1010. The van der Waals surface area contributed by atoms with Crippen LogP contribution < -0.4 is 11.1 Å². The van der Waals surface area contributed by atoms with Gasteiger partial charge in [0, 0.05) is 11.4 Å². The van der Waals surface area contributed by atoms with Crippen molar-refractivity contribution >= 4 is 52.6 Å². The molecule has 0 bridgehead atoms. The summed E-state index contributed by atoms with van der Waals surface area (Å²) in [5.74, 6) is -3.38. The zero-order chi connectivity index (χ0) is 25.5. The van der Waals surface area contributed by atoms with Gasteiger partial charge in [0.25, 0.3) is 0 Å². The molecule has 0 aromatic heterocycles. The molecule has 2 rings (SSSR count). The number of nitrogen functional groups attached to an aromatic ring is 1. The average molecular weight is 507 g/mol. The molecule has 0 aliphatic rings. The summed E-state index contributed by atoms with van der Waals surface area (Å²) in [7, 11) is 2.26. The third-order valence-electron chi connectivity index (χ3n) is 3.53. The SMILES string of the molecule is COC(=O)c1c(F)cc(N)cc1Cl.COC(=O)c1c(F)cc(NC(=O)OC(C)(C)C)cc1Cl. The Kier molecular flexibility index (Phi) is 9.87. The molecule has 2 aromatic carbocycles. The zero-order valence-electron chi connectivity index (χ0n) is 18.3. The lowest BCUT2D eigenvalue weighted by atomic mass is 10.2. The van der Waals surface area contributed by atoms with Crippen LogP contribution in [0.2, 0.25) is 10.0 Å². The minimum atomic E-state index is -0.893. The Labute approximate surface area is 198 Å². The van der Waals surface area contributed by atoms with Gasteiger partial charge in [-0.3, -0.25) is 5.32 Å². The lowest BCUT2D eigenvalue weighted by Gasteiger charge is -2.19. The smallest absolute Gasteiger partial charge is 0.412 e. The molecule has 12 heteroatoms. The summed E-state index contributed by atoms with van der Waals surface area (Å²) in [4.78, 5) is 33.8. The van der Waals surface area contributed by atoms with Gasteiger partial charge in [-0.2, -0.15) is 0 Å². The molecule has 180 valence electrons. The van der Waals surface area contributed by atoms with Crippen LogP contribution in [-0.2, 0) is 14.2 Å². The maximum absolute atomic E-state index is 13.8. The van der Waals surface area contributed by atoms with E-state index in [4.69, 9.17) is 33.7 Å². The molecule has 8 nitrogen and oxygen atoms in total. The van der Waals surface area contributed by atoms with Gasteiger partial charge in [0.05, 0.1) is 24.3 Å². The third kappa shape index (κ3) is 8.39. The summed E-state index contributed by atoms with van der Waals surface area (Å²) >= 11 is 11.4. The molecular formula is C21H22Cl2F2N2O6. The number of carbonyl (C=O) groups is 3. The molecule has 33 heavy (non-hydrogen) atoms. The monoisotopic (exact) mass is 506 g/mol. The first-order valence-corrected chi connectivity index (χ1v) is 9.86. The molecule has 0 atom stereocenters. The number of carbonyl (C=O) groups excluding carboxylic acids is 3. The summed E-state index contributed by atoms with van der Waals surface area (Å²) in [6.45, 7) is 5.08. The van der Waals surface area contributed by atoms with Crippen molar-refractivity contribution in [2.75, 3.05) is 25.3 Å². The Morgan fingerprint density at radius 1 is 0.879 bits per heavy atom. The second-order valence-electron chi connectivity index (χ2n) is 7.28. The number of rotatable bonds is 3. The average Bonchev–Trinajstić information content (AvgIpc) is 2.65. The fourth-order valence-corrected chi connectivity index (χ4v) is 2.83. The van der Waals surface area contributed by atoms with Gasteiger partial charge in [-0.15, -0.1) is 0 Å². The van der Waals surface area contributed by atoms with E-state index < -0.39 is 35.3 Å². The maximum Gasteiger partial charge on any atom is 0.412 e. The first-order chi connectivity index (χ1) is 15.2. The molecule has 0 aliphatic heterocycles. The minimum absolute atomic E-state index is 0.0515. The van der Waals surface area contributed by atoms with E-state index in [2.05, 4.69) is 14.8 Å². The summed E-state index contributed by atoms with van der Waals surface area (Å²) < 4.78 is 40.6. The minimum Gasteiger partial charge on any atom is -0.465 e. The van der Waals surface area contributed by atoms with Crippen molar-refractivity contribution in [3.05, 3.63) is 57.1 Å². The van der Waals surface area contributed by atoms with E-state index in [9.17, 15) is 23.2 Å². The number of nitrogens with two attached hydrogens (primary N) is 1. The molecule has 0 saturated heterocycles. The number of amides is 1. The van der Waals surface area contributed by atoms with Crippen LogP contribution in [0, 0.1) is 11.6 Å². The van der Waals surface area contributed by atoms with Gasteiger partial charge < -0.3 is 19.9 Å². The molecule has 0 radical (unpaired) electrons. The molecule has 1 amide bonds. The summed E-state index contributed by atoms with van der Waals surface area (Å²) in [5, 5.41) is 2.11. The predicted octanol–water partition coefficient (Wildman–Crippen LogP) is 5.46. The van der Waals surface area contributed by atoms with Crippen LogP contribution in [0.25, 0.3) is 0 Å². The van der Waals surface area contributed by atoms with Crippen molar-refractivity contribution in [2.45, 2.75) is 26.4 Å². The number of benzene rings is 2. The largest absolute Gasteiger partial charge is 0.465 e.